The van der Waals surface area contributed by atoms with E-state index < -0.39 is 0 Å². The summed E-state index contributed by atoms with van der Waals surface area (Å²) < 4.78 is 0. The van der Waals surface area contributed by atoms with Crippen LogP contribution in [-0.4, -0.2) is 38.0 Å². The van der Waals surface area contributed by atoms with E-state index in [-0.39, 0.29) is 5.75 Å². The number of pyridine rings is 1. The van der Waals surface area contributed by atoms with Gasteiger partial charge in [0.25, 0.3) is 0 Å². The van der Waals surface area contributed by atoms with Crippen LogP contribution in [0.4, 0.5) is 0 Å². The lowest BCUT2D eigenvalue weighted by Crippen LogP contribution is -2.20. The number of hydrogen-bond acceptors (Lipinski definition) is 5. The minimum absolute atomic E-state index is 0.266. The SMILES string of the molecule is Oc1cccc(-c2cc(C3CCN(Cc4cncnc4)C3)ccn2)c1. The molecule has 0 radical (unpaired) electrons. The van der Waals surface area contributed by atoms with Gasteiger partial charge in [-0.05, 0) is 48.7 Å². The van der Waals surface area contributed by atoms with Crippen LogP contribution in [0.15, 0.2) is 61.3 Å². The average molecular weight is 332 g/mol. The molecule has 1 unspecified atom stereocenters. The Bertz CT molecular complexity index is 853. The number of nitrogens with zero attached hydrogens (tertiary/aromatic N) is 4. The van der Waals surface area contributed by atoms with Crippen LogP contribution in [0.1, 0.15) is 23.5 Å². The highest BCUT2D eigenvalue weighted by molar-refractivity contribution is 5.61. The third kappa shape index (κ3) is 3.67. The maximum atomic E-state index is 9.69. The first kappa shape index (κ1) is 15.7. The lowest BCUT2D eigenvalue weighted by atomic mass is 9.97. The van der Waals surface area contributed by atoms with Gasteiger partial charge in [-0.2, -0.15) is 0 Å². The number of aromatic hydroxyl groups is 1. The fourth-order valence-electron chi connectivity index (χ4n) is 3.44. The monoisotopic (exact) mass is 332 g/mol. The summed E-state index contributed by atoms with van der Waals surface area (Å²) in [4.78, 5) is 15.1. The van der Waals surface area contributed by atoms with Crippen LogP contribution in [0.5, 0.6) is 5.75 Å². The molecule has 1 aliphatic rings. The van der Waals surface area contributed by atoms with Gasteiger partial charge in [0.1, 0.15) is 12.1 Å². The molecule has 0 saturated carbocycles. The maximum Gasteiger partial charge on any atom is 0.116 e. The molecule has 5 nitrogen and oxygen atoms in total. The van der Waals surface area contributed by atoms with Gasteiger partial charge in [-0.15, -0.1) is 0 Å². The second kappa shape index (κ2) is 6.99. The molecular weight excluding hydrogens is 312 g/mol. The zero-order valence-electron chi connectivity index (χ0n) is 13.9. The summed E-state index contributed by atoms with van der Waals surface area (Å²) in [6.07, 6.45) is 8.33. The second-order valence-corrected chi connectivity index (χ2v) is 6.49. The number of likely N-dealkylation sites (tertiary alicyclic amines) is 1. The fraction of sp³-hybridized carbons (Fsp3) is 0.250. The van der Waals surface area contributed by atoms with Crippen molar-refractivity contribution < 1.29 is 5.11 Å². The minimum atomic E-state index is 0.266. The molecule has 0 spiro atoms. The standard InChI is InChI=1S/C20H20N4O/c25-19-3-1-2-17(8-19)20-9-16(4-6-23-20)18-5-7-24(13-18)12-15-10-21-14-22-11-15/h1-4,6,8-11,14,18,25H,5,7,12-13H2. The van der Waals surface area contributed by atoms with Crippen LogP contribution in [0.2, 0.25) is 0 Å². The molecule has 3 aromatic rings. The second-order valence-electron chi connectivity index (χ2n) is 6.49. The summed E-state index contributed by atoms with van der Waals surface area (Å²) in [5, 5.41) is 9.69. The highest BCUT2D eigenvalue weighted by Gasteiger charge is 2.24. The van der Waals surface area contributed by atoms with Crippen LogP contribution in [-0.2, 0) is 6.54 Å². The summed E-state index contributed by atoms with van der Waals surface area (Å²) in [7, 11) is 0. The minimum Gasteiger partial charge on any atom is -0.508 e. The van der Waals surface area contributed by atoms with E-state index in [1.807, 2.05) is 30.7 Å². The topological polar surface area (TPSA) is 62.1 Å². The molecule has 0 aliphatic carbocycles. The van der Waals surface area contributed by atoms with E-state index in [4.69, 9.17) is 0 Å². The highest BCUT2D eigenvalue weighted by Crippen LogP contribution is 2.30. The zero-order valence-corrected chi connectivity index (χ0v) is 13.9. The molecule has 1 aliphatic heterocycles. The third-order valence-corrected chi connectivity index (χ3v) is 4.69. The number of benzene rings is 1. The van der Waals surface area contributed by atoms with Crippen molar-refractivity contribution in [3.63, 3.8) is 0 Å². The summed E-state index contributed by atoms with van der Waals surface area (Å²) in [5.74, 6) is 0.769. The molecule has 1 aromatic carbocycles. The van der Waals surface area contributed by atoms with Gasteiger partial charge in [0.05, 0.1) is 5.69 Å². The van der Waals surface area contributed by atoms with Crippen molar-refractivity contribution in [3.8, 4) is 17.0 Å². The largest absolute Gasteiger partial charge is 0.508 e. The lowest BCUT2D eigenvalue weighted by Gasteiger charge is -2.16. The Labute approximate surface area is 147 Å². The summed E-state index contributed by atoms with van der Waals surface area (Å²) >= 11 is 0. The van der Waals surface area contributed by atoms with Gasteiger partial charge < -0.3 is 5.11 Å². The average Bonchev–Trinajstić information content (AvgIpc) is 3.11. The van der Waals surface area contributed by atoms with Crippen LogP contribution >= 0.6 is 0 Å². The van der Waals surface area contributed by atoms with Crippen molar-refractivity contribution in [2.75, 3.05) is 13.1 Å². The molecule has 2 aromatic heterocycles. The quantitative estimate of drug-likeness (QED) is 0.795. The number of phenols is 1. The molecule has 1 N–H and O–H groups in total. The third-order valence-electron chi connectivity index (χ3n) is 4.69. The van der Waals surface area contributed by atoms with E-state index in [1.165, 1.54) is 5.56 Å². The fourth-order valence-corrected chi connectivity index (χ4v) is 3.44. The van der Waals surface area contributed by atoms with Gasteiger partial charge in [0, 0.05) is 42.8 Å². The van der Waals surface area contributed by atoms with Crippen molar-refractivity contribution in [3.05, 3.63) is 72.4 Å². The van der Waals surface area contributed by atoms with Gasteiger partial charge in [0.15, 0.2) is 0 Å². The summed E-state index contributed by atoms with van der Waals surface area (Å²) in [5.41, 5.74) is 4.31. The highest BCUT2D eigenvalue weighted by atomic mass is 16.3. The molecule has 1 atom stereocenters. The van der Waals surface area contributed by atoms with Gasteiger partial charge >= 0.3 is 0 Å². The molecule has 4 rings (SSSR count). The maximum absolute atomic E-state index is 9.69. The Balaban J connectivity index is 1.48. The van der Waals surface area contributed by atoms with Crippen LogP contribution < -0.4 is 0 Å². The van der Waals surface area contributed by atoms with Gasteiger partial charge in [-0.3, -0.25) is 9.88 Å². The first-order valence-electron chi connectivity index (χ1n) is 8.49. The predicted molar refractivity (Wildman–Crippen MR) is 96.0 cm³/mol. The Hall–Kier alpha value is -2.79. The normalized spacial score (nSPS) is 17.7. The van der Waals surface area contributed by atoms with E-state index in [2.05, 4.69) is 32.0 Å². The van der Waals surface area contributed by atoms with Gasteiger partial charge in [0.2, 0.25) is 0 Å². The van der Waals surface area contributed by atoms with Crippen molar-refractivity contribution in [1.82, 2.24) is 19.9 Å². The van der Waals surface area contributed by atoms with Crippen molar-refractivity contribution in [2.45, 2.75) is 18.9 Å². The number of hydrogen-bond donors (Lipinski definition) is 1. The molecule has 0 bridgehead atoms. The van der Waals surface area contributed by atoms with E-state index >= 15 is 0 Å². The van der Waals surface area contributed by atoms with Crippen molar-refractivity contribution in [1.29, 1.82) is 0 Å². The van der Waals surface area contributed by atoms with E-state index in [9.17, 15) is 5.11 Å². The first-order chi connectivity index (χ1) is 12.3. The van der Waals surface area contributed by atoms with Gasteiger partial charge in [-0.1, -0.05) is 12.1 Å². The predicted octanol–water partition coefficient (Wildman–Crippen LogP) is 3.23. The molecule has 3 heterocycles. The smallest absolute Gasteiger partial charge is 0.116 e. The van der Waals surface area contributed by atoms with E-state index in [0.717, 1.165) is 42.9 Å². The van der Waals surface area contributed by atoms with Crippen LogP contribution in [0, 0.1) is 0 Å². The van der Waals surface area contributed by atoms with Crippen LogP contribution in [0.25, 0.3) is 11.3 Å². The molecule has 1 fully saturated rings. The Morgan fingerprint density at radius 2 is 2.00 bits per heavy atom. The molecule has 0 amide bonds. The first-order valence-corrected chi connectivity index (χ1v) is 8.49. The van der Waals surface area contributed by atoms with E-state index in [0.29, 0.717) is 5.92 Å². The zero-order chi connectivity index (χ0) is 17.1. The van der Waals surface area contributed by atoms with Crippen LogP contribution in [0.3, 0.4) is 0 Å². The summed E-state index contributed by atoms with van der Waals surface area (Å²) in [6.45, 7) is 2.99. The molecule has 25 heavy (non-hydrogen) atoms. The Kier molecular flexibility index (Phi) is 4.39. The van der Waals surface area contributed by atoms with Crippen molar-refractivity contribution in [2.24, 2.45) is 0 Å². The molecule has 5 heteroatoms. The Morgan fingerprint density at radius 3 is 2.84 bits per heavy atom. The number of rotatable bonds is 4. The van der Waals surface area contributed by atoms with Crippen molar-refractivity contribution >= 4 is 0 Å². The number of aromatic nitrogens is 3. The van der Waals surface area contributed by atoms with Gasteiger partial charge in [-0.25, -0.2) is 9.97 Å². The Morgan fingerprint density at radius 1 is 1.12 bits per heavy atom. The number of phenolic OH excluding ortho intramolecular Hbond substituents is 1. The lowest BCUT2D eigenvalue weighted by molar-refractivity contribution is 0.326. The molecular formula is C20H20N4O. The summed E-state index contributed by atoms with van der Waals surface area (Å²) in [6, 6.07) is 11.5. The molecule has 1 saturated heterocycles. The molecule has 126 valence electrons. The van der Waals surface area contributed by atoms with E-state index in [1.54, 1.807) is 18.5 Å².